The van der Waals surface area contributed by atoms with E-state index in [1.165, 1.54) is 0 Å². The molecule has 0 unspecified atom stereocenters. The minimum atomic E-state index is -0.787. The maximum absolute atomic E-state index is 13.4. The van der Waals surface area contributed by atoms with E-state index in [0.717, 1.165) is 11.3 Å². The first-order valence-corrected chi connectivity index (χ1v) is 13.0. The molecular formula is C30H31N3O6. The van der Waals surface area contributed by atoms with Gasteiger partial charge in [0.05, 0.1) is 41.7 Å². The van der Waals surface area contributed by atoms with Gasteiger partial charge in [-0.1, -0.05) is 18.2 Å². The van der Waals surface area contributed by atoms with E-state index < -0.39 is 17.9 Å². The Hall–Kier alpha value is -4.53. The van der Waals surface area contributed by atoms with Crippen LogP contribution < -0.4 is 14.8 Å². The fourth-order valence-corrected chi connectivity index (χ4v) is 4.99. The van der Waals surface area contributed by atoms with Crippen molar-refractivity contribution >= 4 is 11.9 Å². The smallest absolute Gasteiger partial charge is 0.336 e. The Kier molecular flexibility index (Phi) is 7.40. The molecular weight excluding hydrogens is 498 g/mol. The molecule has 0 spiro atoms. The highest BCUT2D eigenvalue weighted by Gasteiger charge is 2.40. The van der Waals surface area contributed by atoms with Crippen molar-refractivity contribution in [2.24, 2.45) is 0 Å². The maximum Gasteiger partial charge on any atom is 0.336 e. The fourth-order valence-electron chi connectivity index (χ4n) is 4.99. The molecule has 0 aliphatic carbocycles. The van der Waals surface area contributed by atoms with Crippen LogP contribution in [-0.4, -0.2) is 48.1 Å². The van der Waals surface area contributed by atoms with Crippen molar-refractivity contribution in [1.82, 2.24) is 15.1 Å². The van der Waals surface area contributed by atoms with Crippen LogP contribution in [0.25, 0.3) is 16.9 Å². The van der Waals surface area contributed by atoms with Crippen LogP contribution in [0.15, 0.2) is 77.3 Å². The molecule has 0 saturated heterocycles. The molecule has 5 rings (SSSR count). The molecule has 3 heterocycles. The van der Waals surface area contributed by atoms with Crippen molar-refractivity contribution in [3.8, 4) is 28.4 Å². The number of nitrogens with one attached hydrogen (secondary N) is 1. The van der Waals surface area contributed by atoms with Gasteiger partial charge in [0.2, 0.25) is 0 Å². The Morgan fingerprint density at radius 1 is 0.923 bits per heavy atom. The van der Waals surface area contributed by atoms with Crippen LogP contribution in [-0.2, 0) is 19.1 Å². The number of nitrogens with zero attached hydrogens (tertiary/aromatic N) is 2. The van der Waals surface area contributed by atoms with Gasteiger partial charge in [-0.2, -0.15) is 5.10 Å². The summed E-state index contributed by atoms with van der Waals surface area (Å²) in [5, 5.41) is 8.15. The van der Waals surface area contributed by atoms with Crippen molar-refractivity contribution in [3.63, 3.8) is 0 Å². The largest absolute Gasteiger partial charge is 0.486 e. The summed E-state index contributed by atoms with van der Waals surface area (Å²) in [6.45, 7) is 8.42. The number of allylic oxidation sites excluding steroid dienone is 2. The average Bonchev–Trinajstić information content (AvgIpc) is 3.38. The second-order valence-electron chi connectivity index (χ2n) is 9.15. The van der Waals surface area contributed by atoms with Crippen LogP contribution in [0.4, 0.5) is 0 Å². The number of hydrogen-bond acceptors (Lipinski definition) is 8. The zero-order valence-electron chi connectivity index (χ0n) is 22.4. The van der Waals surface area contributed by atoms with E-state index in [9.17, 15) is 9.59 Å². The summed E-state index contributed by atoms with van der Waals surface area (Å²) in [5.74, 6) is -0.546. The third-order valence-electron chi connectivity index (χ3n) is 6.64. The van der Waals surface area contributed by atoms with E-state index in [2.05, 4.69) is 5.32 Å². The lowest BCUT2D eigenvalue weighted by atomic mass is 9.79. The monoisotopic (exact) mass is 529 g/mol. The molecule has 2 aliphatic heterocycles. The number of ether oxygens (including phenoxy) is 4. The predicted molar refractivity (Wildman–Crippen MR) is 145 cm³/mol. The van der Waals surface area contributed by atoms with E-state index >= 15 is 0 Å². The van der Waals surface area contributed by atoms with Crippen LogP contribution in [0.5, 0.6) is 11.5 Å². The highest BCUT2D eigenvalue weighted by molar-refractivity contribution is 6.00. The summed E-state index contributed by atoms with van der Waals surface area (Å²) in [6, 6.07) is 15.3. The van der Waals surface area contributed by atoms with Crippen molar-refractivity contribution in [1.29, 1.82) is 0 Å². The van der Waals surface area contributed by atoms with Gasteiger partial charge in [0.1, 0.15) is 13.2 Å². The average molecular weight is 530 g/mol. The first kappa shape index (κ1) is 26.1. The molecule has 9 nitrogen and oxygen atoms in total. The Morgan fingerprint density at radius 3 is 2.15 bits per heavy atom. The van der Waals surface area contributed by atoms with Crippen molar-refractivity contribution in [3.05, 3.63) is 82.8 Å². The van der Waals surface area contributed by atoms with Crippen LogP contribution in [0.1, 0.15) is 39.2 Å². The van der Waals surface area contributed by atoms with Gasteiger partial charge >= 0.3 is 11.9 Å². The van der Waals surface area contributed by atoms with Crippen molar-refractivity contribution < 1.29 is 28.5 Å². The number of para-hydroxylation sites is 1. The summed E-state index contributed by atoms with van der Waals surface area (Å²) in [6.07, 6.45) is 1.86. The molecule has 2 aromatic carbocycles. The lowest BCUT2D eigenvalue weighted by Crippen LogP contribution is -2.32. The molecule has 1 N–H and O–H groups in total. The maximum atomic E-state index is 13.4. The quantitative estimate of drug-likeness (QED) is 0.441. The van der Waals surface area contributed by atoms with Crippen LogP contribution in [0.2, 0.25) is 0 Å². The molecule has 0 fully saturated rings. The van der Waals surface area contributed by atoms with Gasteiger partial charge in [0, 0.05) is 28.7 Å². The van der Waals surface area contributed by atoms with Gasteiger partial charge < -0.3 is 24.3 Å². The van der Waals surface area contributed by atoms with E-state index in [1.807, 2.05) is 54.7 Å². The van der Waals surface area contributed by atoms with Gasteiger partial charge in [-0.3, -0.25) is 0 Å². The highest BCUT2D eigenvalue weighted by atomic mass is 16.6. The van der Waals surface area contributed by atoms with Crippen LogP contribution in [0.3, 0.4) is 0 Å². The molecule has 0 radical (unpaired) electrons. The van der Waals surface area contributed by atoms with Gasteiger partial charge in [-0.15, -0.1) is 0 Å². The number of fused-ring (bicyclic) bond motifs is 1. The summed E-state index contributed by atoms with van der Waals surface area (Å²) in [4.78, 5) is 26.8. The third-order valence-corrected chi connectivity index (χ3v) is 6.64. The molecule has 2 aliphatic rings. The predicted octanol–water partition coefficient (Wildman–Crippen LogP) is 4.67. The Morgan fingerprint density at radius 2 is 1.54 bits per heavy atom. The normalized spacial score (nSPS) is 15.2. The van der Waals surface area contributed by atoms with E-state index in [4.69, 9.17) is 24.0 Å². The summed E-state index contributed by atoms with van der Waals surface area (Å²) in [7, 11) is 0. The second-order valence-corrected chi connectivity index (χ2v) is 9.15. The molecule has 0 amide bonds. The van der Waals surface area contributed by atoms with Crippen LogP contribution in [0, 0.1) is 0 Å². The number of dihydropyridines is 1. The van der Waals surface area contributed by atoms with Crippen molar-refractivity contribution in [2.45, 2.75) is 33.6 Å². The number of benzene rings is 2. The molecule has 1 aromatic heterocycles. The first-order chi connectivity index (χ1) is 18.9. The minimum absolute atomic E-state index is 0.193. The fraction of sp³-hybridized carbons (Fsp3) is 0.300. The molecule has 9 heteroatoms. The summed E-state index contributed by atoms with van der Waals surface area (Å²) in [5.41, 5.74) is 4.69. The zero-order chi connectivity index (χ0) is 27.5. The summed E-state index contributed by atoms with van der Waals surface area (Å²) < 4.78 is 24.2. The third kappa shape index (κ3) is 4.99. The van der Waals surface area contributed by atoms with Gasteiger partial charge in [-0.25, -0.2) is 14.3 Å². The Labute approximate surface area is 227 Å². The summed E-state index contributed by atoms with van der Waals surface area (Å²) >= 11 is 0. The Balaban J connectivity index is 1.76. The number of esters is 2. The number of rotatable bonds is 7. The molecule has 3 aromatic rings. The number of hydrogen-bond donors (Lipinski definition) is 1. The van der Waals surface area contributed by atoms with Crippen molar-refractivity contribution in [2.75, 3.05) is 26.4 Å². The number of aromatic nitrogens is 2. The molecule has 0 atom stereocenters. The molecule has 39 heavy (non-hydrogen) atoms. The van der Waals surface area contributed by atoms with Crippen LogP contribution >= 0.6 is 0 Å². The lowest BCUT2D eigenvalue weighted by Gasteiger charge is -2.30. The highest BCUT2D eigenvalue weighted by Crippen LogP contribution is 2.44. The Bertz CT molecular complexity index is 1430. The first-order valence-electron chi connectivity index (χ1n) is 13.0. The van der Waals surface area contributed by atoms with E-state index in [-0.39, 0.29) is 13.2 Å². The molecule has 202 valence electrons. The van der Waals surface area contributed by atoms with Gasteiger partial charge in [-0.05, 0) is 58.0 Å². The molecule has 0 bridgehead atoms. The van der Waals surface area contributed by atoms with Gasteiger partial charge in [0.25, 0.3) is 0 Å². The molecule has 0 saturated carbocycles. The number of carbonyl (C=O) groups excluding carboxylic acids is 2. The zero-order valence-corrected chi connectivity index (χ0v) is 22.4. The van der Waals surface area contributed by atoms with E-state index in [0.29, 0.717) is 58.5 Å². The number of carbonyl (C=O) groups is 2. The second kappa shape index (κ2) is 11.1. The lowest BCUT2D eigenvalue weighted by molar-refractivity contribution is -0.139. The van der Waals surface area contributed by atoms with E-state index in [1.54, 1.807) is 32.4 Å². The minimum Gasteiger partial charge on any atom is -0.486 e. The SMILES string of the molecule is CCOC(=O)C1=C(C)NC(C)=C(C(=O)OCC)C1c1cn(-c2ccccc2)nc1-c1ccc2c(c1)OCCO2. The standard InChI is InChI=1S/C30H31N3O6/c1-5-36-29(34)25-18(3)31-19(4)26(30(35)37-6-2)27(25)22-17-33(21-10-8-7-9-11-21)32-28(22)20-12-13-23-24(16-20)39-15-14-38-23/h7-13,16-17,27,31H,5-6,14-15H2,1-4H3. The van der Waals surface area contributed by atoms with Gasteiger partial charge in [0.15, 0.2) is 11.5 Å². The topological polar surface area (TPSA) is 101 Å².